The highest BCUT2D eigenvalue weighted by atomic mass is 127. The van der Waals surface area contributed by atoms with E-state index >= 15 is 0 Å². The number of nitrogens with two attached hydrogens (primary N) is 1. The average molecular weight is 398 g/mol. The molecule has 18 heavy (non-hydrogen) atoms. The minimum atomic E-state index is -0.825. The van der Waals surface area contributed by atoms with Gasteiger partial charge in [0.1, 0.15) is 0 Å². The van der Waals surface area contributed by atoms with Crippen LogP contribution in [0.3, 0.4) is 0 Å². The number of carbonyl (C=O) groups excluding carboxylic acids is 2. The van der Waals surface area contributed by atoms with E-state index in [0.29, 0.717) is 10.7 Å². The van der Waals surface area contributed by atoms with Gasteiger partial charge in [0, 0.05) is 3.57 Å². The van der Waals surface area contributed by atoms with Crippen LogP contribution in [0.2, 0.25) is 5.02 Å². The van der Waals surface area contributed by atoms with Crippen LogP contribution in [0.25, 0.3) is 0 Å². The van der Waals surface area contributed by atoms with Gasteiger partial charge in [0.15, 0.2) is 0 Å². The lowest BCUT2D eigenvalue weighted by molar-refractivity contribution is -0.135. The van der Waals surface area contributed by atoms with E-state index in [4.69, 9.17) is 17.3 Å². The van der Waals surface area contributed by atoms with Crippen molar-refractivity contribution in [1.82, 2.24) is 5.32 Å². The third-order valence-corrected chi connectivity index (χ3v) is 2.94. The molecule has 0 saturated heterocycles. The molecule has 0 aliphatic carbocycles. The Morgan fingerprint density at radius 3 is 2.61 bits per heavy atom. The monoisotopic (exact) mass is 397 g/mol. The Hall–Kier alpha value is -0.930. The molecule has 0 spiro atoms. The van der Waals surface area contributed by atoms with E-state index in [1.54, 1.807) is 18.2 Å². The Morgan fingerprint density at radius 1 is 1.39 bits per heavy atom. The molecule has 1 aromatic rings. The summed E-state index contributed by atoms with van der Waals surface area (Å²) in [6.45, 7) is -0.0258. The molecule has 0 saturated carbocycles. The van der Waals surface area contributed by atoms with Gasteiger partial charge in [-0.2, -0.15) is 0 Å². The normalized spacial score (nSPS) is 9.67. The summed E-state index contributed by atoms with van der Waals surface area (Å²) in [5, 5.41) is 5.02. The number of amides is 2. The molecular weight excluding hydrogens is 389 g/mol. The molecule has 0 aliphatic rings. The molecule has 5 nitrogen and oxygen atoms in total. The number of rotatable bonds is 3. The quantitative estimate of drug-likeness (QED) is 0.408. The van der Waals surface area contributed by atoms with Crippen LogP contribution >= 0.6 is 46.4 Å². The molecule has 0 bridgehead atoms. The second-order valence-corrected chi connectivity index (χ2v) is 5.40. The van der Waals surface area contributed by atoms with Gasteiger partial charge in [-0.05, 0) is 40.8 Å². The lowest BCUT2D eigenvalue weighted by atomic mass is 10.3. The Bertz CT molecular complexity index is 510. The van der Waals surface area contributed by atoms with Crippen molar-refractivity contribution in [2.75, 3.05) is 11.9 Å². The zero-order valence-electron chi connectivity index (χ0n) is 9.00. The summed E-state index contributed by atoms with van der Waals surface area (Å²) in [6.07, 6.45) is 0. The van der Waals surface area contributed by atoms with Crippen molar-refractivity contribution in [3.63, 3.8) is 0 Å². The predicted octanol–water partition coefficient (Wildman–Crippen LogP) is 1.29. The van der Waals surface area contributed by atoms with Gasteiger partial charge in [-0.3, -0.25) is 9.59 Å². The van der Waals surface area contributed by atoms with Crippen LogP contribution in [0.5, 0.6) is 0 Å². The lowest BCUT2D eigenvalue weighted by Gasteiger charge is -2.07. The van der Waals surface area contributed by atoms with Gasteiger partial charge in [0.2, 0.25) is 0 Å². The second-order valence-electron chi connectivity index (χ2n) is 3.23. The SMILES string of the molecule is NC(=S)CNC(=O)C(=O)Nc1ccc(I)cc1Cl. The summed E-state index contributed by atoms with van der Waals surface area (Å²) in [5.74, 6) is -1.65. The summed E-state index contributed by atoms with van der Waals surface area (Å²) >= 11 is 12.6. The number of anilines is 1. The summed E-state index contributed by atoms with van der Waals surface area (Å²) < 4.78 is 0.925. The van der Waals surface area contributed by atoms with E-state index in [1.807, 2.05) is 0 Å². The molecular formula is C10H9ClIN3O2S. The maximum atomic E-state index is 11.5. The number of halogens is 2. The zero-order valence-corrected chi connectivity index (χ0v) is 12.7. The van der Waals surface area contributed by atoms with Crippen molar-refractivity contribution < 1.29 is 9.59 Å². The molecule has 0 fully saturated rings. The summed E-state index contributed by atoms with van der Waals surface area (Å²) in [4.78, 5) is 22.9. The number of benzene rings is 1. The third-order valence-electron chi connectivity index (χ3n) is 1.81. The van der Waals surface area contributed by atoms with Gasteiger partial charge >= 0.3 is 11.8 Å². The van der Waals surface area contributed by atoms with Crippen molar-refractivity contribution in [3.8, 4) is 0 Å². The molecule has 4 N–H and O–H groups in total. The first kappa shape index (κ1) is 15.1. The van der Waals surface area contributed by atoms with Crippen LogP contribution in [0.4, 0.5) is 5.69 Å². The zero-order chi connectivity index (χ0) is 13.7. The predicted molar refractivity (Wildman–Crippen MR) is 82.6 cm³/mol. The smallest absolute Gasteiger partial charge is 0.313 e. The van der Waals surface area contributed by atoms with Crippen molar-refractivity contribution in [2.45, 2.75) is 0 Å². The van der Waals surface area contributed by atoms with E-state index in [1.165, 1.54) is 0 Å². The van der Waals surface area contributed by atoms with Gasteiger partial charge in [-0.25, -0.2) is 0 Å². The number of hydrogen-bond acceptors (Lipinski definition) is 3. The first-order valence-electron chi connectivity index (χ1n) is 4.72. The third kappa shape index (κ3) is 4.75. The second kappa shape index (κ2) is 6.86. The molecule has 0 aromatic heterocycles. The highest BCUT2D eigenvalue weighted by Crippen LogP contribution is 2.23. The largest absolute Gasteiger partial charge is 0.392 e. The van der Waals surface area contributed by atoms with E-state index in [9.17, 15) is 9.59 Å². The first-order chi connectivity index (χ1) is 8.40. The van der Waals surface area contributed by atoms with Crippen LogP contribution < -0.4 is 16.4 Å². The molecule has 0 unspecified atom stereocenters. The number of thiocarbonyl (C=S) groups is 1. The maximum Gasteiger partial charge on any atom is 0.313 e. The van der Waals surface area contributed by atoms with Crippen LogP contribution in [0, 0.1) is 3.57 Å². The molecule has 8 heteroatoms. The molecule has 96 valence electrons. The van der Waals surface area contributed by atoms with Crippen molar-refractivity contribution >= 4 is 68.9 Å². The number of hydrogen-bond donors (Lipinski definition) is 3. The van der Waals surface area contributed by atoms with Gasteiger partial charge in [-0.15, -0.1) is 0 Å². The molecule has 1 rings (SSSR count). The Balaban J connectivity index is 2.64. The Morgan fingerprint density at radius 2 is 2.06 bits per heavy atom. The fourth-order valence-corrected chi connectivity index (χ4v) is 1.99. The summed E-state index contributed by atoms with van der Waals surface area (Å²) in [7, 11) is 0. The van der Waals surface area contributed by atoms with E-state index < -0.39 is 11.8 Å². The Labute approximate surface area is 128 Å². The van der Waals surface area contributed by atoms with Crippen LogP contribution in [-0.2, 0) is 9.59 Å². The fraction of sp³-hybridized carbons (Fsp3) is 0.100. The molecule has 0 aliphatic heterocycles. The topological polar surface area (TPSA) is 84.2 Å². The standard InChI is InChI=1S/C10H9ClIN3O2S/c11-6-3-5(12)1-2-7(6)15-10(17)9(16)14-4-8(13)18/h1-3H,4H2,(H2,13,18)(H,14,16)(H,15,17). The van der Waals surface area contributed by atoms with E-state index in [-0.39, 0.29) is 11.5 Å². The number of nitrogens with one attached hydrogen (secondary N) is 2. The van der Waals surface area contributed by atoms with E-state index in [2.05, 4.69) is 45.4 Å². The van der Waals surface area contributed by atoms with E-state index in [0.717, 1.165) is 3.57 Å². The molecule has 0 radical (unpaired) electrons. The maximum absolute atomic E-state index is 11.5. The summed E-state index contributed by atoms with van der Waals surface area (Å²) in [6, 6.07) is 5.04. The van der Waals surface area contributed by atoms with Crippen LogP contribution in [-0.4, -0.2) is 23.3 Å². The van der Waals surface area contributed by atoms with Gasteiger partial charge < -0.3 is 16.4 Å². The first-order valence-corrected chi connectivity index (χ1v) is 6.59. The number of carbonyl (C=O) groups is 2. The summed E-state index contributed by atoms with van der Waals surface area (Å²) in [5.41, 5.74) is 5.57. The molecule has 2 amide bonds. The van der Waals surface area contributed by atoms with Crippen molar-refractivity contribution in [3.05, 3.63) is 26.8 Å². The van der Waals surface area contributed by atoms with Crippen LogP contribution in [0.15, 0.2) is 18.2 Å². The van der Waals surface area contributed by atoms with Gasteiger partial charge in [-0.1, -0.05) is 23.8 Å². The molecule has 0 atom stereocenters. The highest BCUT2D eigenvalue weighted by molar-refractivity contribution is 14.1. The molecule has 1 aromatic carbocycles. The van der Waals surface area contributed by atoms with Gasteiger partial charge in [0.25, 0.3) is 0 Å². The van der Waals surface area contributed by atoms with Gasteiger partial charge in [0.05, 0.1) is 22.2 Å². The van der Waals surface area contributed by atoms with Crippen molar-refractivity contribution in [1.29, 1.82) is 0 Å². The minimum Gasteiger partial charge on any atom is -0.392 e. The lowest BCUT2D eigenvalue weighted by Crippen LogP contribution is -2.39. The Kier molecular flexibility index (Phi) is 5.76. The minimum absolute atomic E-state index is 0.0258. The van der Waals surface area contributed by atoms with Crippen molar-refractivity contribution in [2.24, 2.45) is 5.73 Å². The average Bonchev–Trinajstić information content (AvgIpc) is 2.29. The fourth-order valence-electron chi connectivity index (χ4n) is 1.02. The van der Waals surface area contributed by atoms with Crippen LogP contribution in [0.1, 0.15) is 0 Å². The highest BCUT2D eigenvalue weighted by Gasteiger charge is 2.14. The molecule has 0 heterocycles.